The van der Waals surface area contributed by atoms with Crippen LogP contribution in [0.4, 0.5) is 4.39 Å². The third kappa shape index (κ3) is 3.77. The molecule has 2 aromatic heterocycles. The normalized spacial score (nSPS) is 10.7. The van der Waals surface area contributed by atoms with Crippen molar-refractivity contribution in [1.82, 2.24) is 4.98 Å². The van der Waals surface area contributed by atoms with Gasteiger partial charge in [0.05, 0.1) is 30.0 Å². The van der Waals surface area contributed by atoms with Crippen LogP contribution >= 0.6 is 0 Å². The van der Waals surface area contributed by atoms with E-state index in [1.54, 1.807) is 42.5 Å². The molecule has 0 aliphatic rings. The molecule has 0 N–H and O–H groups in total. The van der Waals surface area contributed by atoms with Crippen LogP contribution in [0, 0.1) is 5.82 Å². The van der Waals surface area contributed by atoms with E-state index in [4.69, 9.17) is 13.9 Å². The van der Waals surface area contributed by atoms with Crippen LogP contribution in [0.15, 0.2) is 71.3 Å². The number of aromatic nitrogens is 1. The minimum absolute atomic E-state index is 0.00107. The number of para-hydroxylation sites is 1. The van der Waals surface area contributed by atoms with Crippen molar-refractivity contribution in [3.8, 4) is 17.2 Å². The summed E-state index contributed by atoms with van der Waals surface area (Å²) in [5.41, 5.74) is 1.28. The number of ether oxygens (including phenoxy) is 2. The summed E-state index contributed by atoms with van der Waals surface area (Å²) < 4.78 is 29.2. The summed E-state index contributed by atoms with van der Waals surface area (Å²) in [6.45, 7) is -0.564. The highest BCUT2D eigenvalue weighted by Crippen LogP contribution is 2.26. The van der Waals surface area contributed by atoms with Gasteiger partial charge in [-0.3, -0.25) is 4.79 Å². The third-order valence-corrected chi connectivity index (χ3v) is 4.51. The molecule has 0 radical (unpaired) electrons. The van der Waals surface area contributed by atoms with Gasteiger partial charge in [-0.25, -0.2) is 14.2 Å². The predicted molar refractivity (Wildman–Crippen MR) is 107 cm³/mol. The van der Waals surface area contributed by atoms with Gasteiger partial charge in [0.15, 0.2) is 12.4 Å². The first kappa shape index (κ1) is 19.3. The summed E-state index contributed by atoms with van der Waals surface area (Å²) in [7, 11) is 1.37. The van der Waals surface area contributed by atoms with Crippen LogP contribution in [0.1, 0.15) is 20.7 Å². The van der Waals surface area contributed by atoms with Crippen molar-refractivity contribution in [3.63, 3.8) is 0 Å². The number of hydrogen-bond donors (Lipinski definition) is 0. The molecule has 0 aliphatic carbocycles. The number of hydrogen-bond acceptors (Lipinski definition) is 6. The average Bonchev–Trinajstić information content (AvgIpc) is 3.31. The van der Waals surface area contributed by atoms with E-state index in [0.717, 1.165) is 6.07 Å². The number of ketones is 1. The Balaban J connectivity index is 1.62. The fraction of sp³-hybridized carbons (Fsp3) is 0.0870. The monoisotopic (exact) mass is 405 g/mol. The summed E-state index contributed by atoms with van der Waals surface area (Å²) >= 11 is 0. The summed E-state index contributed by atoms with van der Waals surface area (Å²) in [4.78, 5) is 29.8. The lowest BCUT2D eigenvalue weighted by Gasteiger charge is -2.10. The van der Waals surface area contributed by atoms with E-state index in [1.807, 2.05) is 0 Å². The number of methoxy groups -OCH3 is 1. The molecule has 0 bridgehead atoms. The molecule has 30 heavy (non-hydrogen) atoms. The van der Waals surface area contributed by atoms with Gasteiger partial charge in [0.25, 0.3) is 0 Å². The zero-order valence-electron chi connectivity index (χ0n) is 15.9. The van der Waals surface area contributed by atoms with Crippen LogP contribution < -0.4 is 4.74 Å². The molecule has 2 heterocycles. The van der Waals surface area contributed by atoms with Crippen molar-refractivity contribution in [3.05, 3.63) is 83.9 Å². The Morgan fingerprint density at radius 1 is 1.03 bits per heavy atom. The minimum Gasteiger partial charge on any atom is -0.496 e. The van der Waals surface area contributed by atoms with Gasteiger partial charge >= 0.3 is 5.97 Å². The minimum atomic E-state index is -0.704. The van der Waals surface area contributed by atoms with Gasteiger partial charge in [0, 0.05) is 5.39 Å². The van der Waals surface area contributed by atoms with Gasteiger partial charge in [-0.15, -0.1) is 0 Å². The van der Waals surface area contributed by atoms with Gasteiger partial charge in [-0.2, -0.15) is 0 Å². The van der Waals surface area contributed by atoms with Crippen LogP contribution in [-0.2, 0) is 4.74 Å². The summed E-state index contributed by atoms with van der Waals surface area (Å²) in [6.07, 6.45) is 1.51. The number of Topliss-reactive ketones (excluding diaryl/α,β-unsaturated/α-hetero) is 1. The summed E-state index contributed by atoms with van der Waals surface area (Å²) in [6, 6.07) is 15.6. The number of nitrogens with zero attached hydrogens (tertiary/aromatic N) is 1. The number of pyridine rings is 1. The second-order valence-corrected chi connectivity index (χ2v) is 6.39. The van der Waals surface area contributed by atoms with Crippen LogP contribution in [0.5, 0.6) is 5.75 Å². The average molecular weight is 405 g/mol. The molecule has 0 saturated heterocycles. The number of benzene rings is 2. The first-order valence-corrected chi connectivity index (χ1v) is 9.04. The highest BCUT2D eigenvalue weighted by Gasteiger charge is 2.19. The molecule has 0 saturated carbocycles. The van der Waals surface area contributed by atoms with E-state index in [-0.39, 0.29) is 16.9 Å². The fourth-order valence-electron chi connectivity index (χ4n) is 3.08. The number of carbonyl (C=O) groups is 2. The number of esters is 1. The summed E-state index contributed by atoms with van der Waals surface area (Å²) in [5.74, 6) is -1.18. The van der Waals surface area contributed by atoms with E-state index in [2.05, 4.69) is 4.98 Å². The molecule has 0 fully saturated rings. The molecule has 0 amide bonds. The van der Waals surface area contributed by atoms with Crippen LogP contribution in [0.2, 0.25) is 0 Å². The topological polar surface area (TPSA) is 78.6 Å². The highest BCUT2D eigenvalue weighted by molar-refractivity contribution is 6.06. The van der Waals surface area contributed by atoms with Crippen LogP contribution in [0.3, 0.4) is 0 Å². The summed E-state index contributed by atoms with van der Waals surface area (Å²) in [5, 5.41) is 0.577. The van der Waals surface area contributed by atoms with Crippen molar-refractivity contribution in [2.75, 3.05) is 13.7 Å². The number of halogens is 1. The first-order chi connectivity index (χ1) is 14.6. The van der Waals surface area contributed by atoms with Gasteiger partial charge in [-0.1, -0.05) is 18.2 Å². The second kappa shape index (κ2) is 8.16. The van der Waals surface area contributed by atoms with E-state index in [0.29, 0.717) is 22.4 Å². The van der Waals surface area contributed by atoms with Gasteiger partial charge in [0.2, 0.25) is 5.78 Å². The molecule has 0 atom stereocenters. The van der Waals surface area contributed by atoms with Gasteiger partial charge < -0.3 is 13.9 Å². The Morgan fingerprint density at radius 2 is 1.87 bits per heavy atom. The molecule has 0 spiro atoms. The van der Waals surface area contributed by atoms with Crippen molar-refractivity contribution in [1.29, 1.82) is 0 Å². The molecule has 0 unspecified atom stereocenters. The number of fused-ring (bicyclic) bond motifs is 1. The van der Waals surface area contributed by atoms with Crippen molar-refractivity contribution >= 4 is 22.7 Å². The molecule has 2 aromatic carbocycles. The smallest absolute Gasteiger partial charge is 0.339 e. The van der Waals surface area contributed by atoms with E-state index in [1.165, 1.54) is 25.5 Å². The number of furan rings is 1. The quantitative estimate of drug-likeness (QED) is 0.342. The molecule has 0 aliphatic heterocycles. The van der Waals surface area contributed by atoms with Gasteiger partial charge in [-0.05, 0) is 42.5 Å². The highest BCUT2D eigenvalue weighted by atomic mass is 19.1. The van der Waals surface area contributed by atoms with Gasteiger partial charge in [0.1, 0.15) is 17.3 Å². The molecule has 6 nitrogen and oxygen atoms in total. The predicted octanol–water partition coefficient (Wildman–Crippen LogP) is 4.68. The Labute approximate surface area is 170 Å². The Morgan fingerprint density at radius 3 is 2.63 bits per heavy atom. The van der Waals surface area contributed by atoms with Crippen LogP contribution in [-0.4, -0.2) is 30.5 Å². The number of carbonyl (C=O) groups excluding carboxylic acids is 2. The van der Waals surface area contributed by atoms with Crippen LogP contribution in [0.25, 0.3) is 22.4 Å². The van der Waals surface area contributed by atoms with Crippen molar-refractivity contribution in [2.24, 2.45) is 0 Å². The molecular weight excluding hydrogens is 389 g/mol. The van der Waals surface area contributed by atoms with E-state index >= 15 is 0 Å². The van der Waals surface area contributed by atoms with Crippen molar-refractivity contribution < 1.29 is 27.9 Å². The van der Waals surface area contributed by atoms with E-state index in [9.17, 15) is 14.0 Å². The lowest BCUT2D eigenvalue weighted by atomic mass is 10.1. The molecule has 4 aromatic rings. The lowest BCUT2D eigenvalue weighted by Crippen LogP contribution is -2.16. The largest absolute Gasteiger partial charge is 0.496 e. The second-order valence-electron chi connectivity index (χ2n) is 6.39. The zero-order valence-corrected chi connectivity index (χ0v) is 15.9. The van der Waals surface area contributed by atoms with Crippen molar-refractivity contribution in [2.45, 2.75) is 0 Å². The number of rotatable bonds is 6. The first-order valence-electron chi connectivity index (χ1n) is 9.04. The SMILES string of the molecule is COc1ccc(F)cc1C(=O)COC(=O)c1cc(-c2ccco2)nc2ccccc12. The molecule has 7 heteroatoms. The maximum absolute atomic E-state index is 13.5. The fourth-order valence-corrected chi connectivity index (χ4v) is 3.08. The Hall–Kier alpha value is -4.00. The molecule has 150 valence electrons. The maximum Gasteiger partial charge on any atom is 0.339 e. The Bertz CT molecular complexity index is 1230. The molecule has 4 rings (SSSR count). The Kier molecular flexibility index (Phi) is 5.26. The zero-order chi connectivity index (χ0) is 21.1. The standard InChI is InChI=1S/C23H16FNO5/c1-28-21-9-8-14(24)11-17(21)20(26)13-30-23(27)16-12-19(22-7-4-10-29-22)25-18-6-3-2-5-15(16)18/h2-12H,13H2,1H3. The lowest BCUT2D eigenvalue weighted by molar-refractivity contribution is 0.0476. The van der Waals surface area contributed by atoms with E-state index < -0.39 is 24.2 Å². The maximum atomic E-state index is 13.5. The third-order valence-electron chi connectivity index (χ3n) is 4.51. The molecular formula is C23H16FNO5.